The summed E-state index contributed by atoms with van der Waals surface area (Å²) in [6, 6.07) is 0. The van der Waals surface area contributed by atoms with E-state index in [1.54, 1.807) is 0 Å². The first-order valence-electron chi connectivity index (χ1n) is 2.63. The van der Waals surface area contributed by atoms with E-state index in [1.165, 1.54) is 0 Å². The normalized spacial score (nSPS) is 10.7. The summed E-state index contributed by atoms with van der Waals surface area (Å²) < 4.78 is 0.871. The molecule has 0 saturated carbocycles. The summed E-state index contributed by atoms with van der Waals surface area (Å²) in [5.74, 6) is 0. The predicted octanol–water partition coefficient (Wildman–Crippen LogP) is 3.44. The topological polar surface area (TPSA) is 0 Å². The smallest absolute Gasteiger partial charge is 0 e. The van der Waals surface area contributed by atoms with E-state index in [2.05, 4.69) is 6.92 Å². The first-order chi connectivity index (χ1) is 3.56. The molecule has 0 aromatic carbocycles. The Labute approximate surface area is 104 Å². The predicted molar refractivity (Wildman–Crippen MR) is 43.0 cm³/mol. The van der Waals surface area contributed by atoms with Crippen molar-refractivity contribution < 1.29 is 39.9 Å². The molecule has 0 nitrogen and oxygen atoms in total. The van der Waals surface area contributed by atoms with E-state index in [0.29, 0.717) is 0 Å². The molecule has 0 amide bonds. The van der Waals surface area contributed by atoms with Crippen LogP contribution in [0.4, 0.5) is 0 Å². The quantitative estimate of drug-likeness (QED) is 0.591. The molecule has 0 aliphatic rings. The summed E-state index contributed by atoms with van der Waals surface area (Å²) in [4.78, 5) is 0. The molecule has 0 N–H and O–H groups in total. The zero-order valence-corrected chi connectivity index (χ0v) is 12.5. The van der Waals surface area contributed by atoms with Crippen molar-refractivity contribution in [1.82, 2.24) is 0 Å². The van der Waals surface area contributed by atoms with Gasteiger partial charge in [0.2, 0.25) is 0 Å². The first-order valence-corrected chi connectivity index (χ1v) is 15.5. The van der Waals surface area contributed by atoms with Crippen molar-refractivity contribution in [3.05, 3.63) is 0 Å². The van der Waals surface area contributed by atoms with E-state index in [1.807, 2.05) is 0 Å². The molecule has 0 aliphatic carbocycles. The van der Waals surface area contributed by atoms with Crippen LogP contribution in [-0.4, -0.2) is 15.0 Å². The Morgan fingerprint density at radius 2 is 1.67 bits per heavy atom. The zero-order chi connectivity index (χ0) is 6.62. The summed E-state index contributed by atoms with van der Waals surface area (Å²) in [6.45, 7) is 2.10. The van der Waals surface area contributed by atoms with Crippen molar-refractivity contribution in [2.45, 2.75) is 24.2 Å². The minimum absolute atomic E-state index is 0. The molecule has 0 saturated heterocycles. The second kappa shape index (κ2) is 7.63. The molecule has 0 spiro atoms. The molecular formula is C4H9Cl3GdSn. The maximum absolute atomic E-state index is 5.65. The fraction of sp³-hybridized carbons (Fsp3) is 1.00. The SMILES string of the molecule is CCC[CH2][Sn]([Cl])([Cl])[Cl].[Gd]. The van der Waals surface area contributed by atoms with Crippen LogP contribution in [0.2, 0.25) is 4.44 Å². The van der Waals surface area contributed by atoms with Crippen LogP contribution >= 0.6 is 26.8 Å². The molecule has 0 aromatic rings. The van der Waals surface area contributed by atoms with Crippen LogP contribution in [0, 0.1) is 39.9 Å². The van der Waals surface area contributed by atoms with E-state index in [4.69, 9.17) is 26.8 Å². The van der Waals surface area contributed by atoms with Crippen molar-refractivity contribution in [2.24, 2.45) is 0 Å². The van der Waals surface area contributed by atoms with Crippen LogP contribution in [0.3, 0.4) is 0 Å². The summed E-state index contributed by atoms with van der Waals surface area (Å²) in [5.41, 5.74) is 0. The molecule has 58 valence electrons. The third-order valence-electron chi connectivity index (χ3n) is 0.814. The number of hydrogen-bond donors (Lipinski definition) is 0. The molecule has 0 unspecified atom stereocenters. The van der Waals surface area contributed by atoms with Gasteiger partial charge in [-0.3, -0.25) is 0 Å². The number of unbranched alkanes of at least 4 members (excludes halogenated alkanes) is 1. The molecule has 0 rings (SSSR count). The summed E-state index contributed by atoms with van der Waals surface area (Å²) >= 11 is -2.89. The maximum atomic E-state index is 5.65. The Bertz CT molecular complexity index is 63.3. The number of halogens is 3. The van der Waals surface area contributed by atoms with Crippen LogP contribution in [0.1, 0.15) is 19.8 Å². The van der Waals surface area contributed by atoms with Crippen molar-refractivity contribution in [3.8, 4) is 0 Å². The summed E-state index contributed by atoms with van der Waals surface area (Å²) in [7, 11) is 17.0. The van der Waals surface area contributed by atoms with Crippen LogP contribution in [0.15, 0.2) is 0 Å². The van der Waals surface area contributed by atoms with Crippen molar-refractivity contribution >= 4 is 41.8 Å². The van der Waals surface area contributed by atoms with Gasteiger partial charge in [-0.25, -0.2) is 0 Å². The minimum atomic E-state index is -2.89. The molecule has 0 atom stereocenters. The molecule has 0 heterocycles. The van der Waals surface area contributed by atoms with Gasteiger partial charge >= 0.3 is 66.0 Å². The molecule has 0 fully saturated rings. The van der Waals surface area contributed by atoms with Gasteiger partial charge in [-0.15, -0.1) is 0 Å². The van der Waals surface area contributed by atoms with E-state index in [9.17, 15) is 0 Å². The second-order valence-electron chi connectivity index (χ2n) is 1.72. The van der Waals surface area contributed by atoms with Gasteiger partial charge in [0, 0.05) is 39.9 Å². The summed E-state index contributed by atoms with van der Waals surface area (Å²) in [6.07, 6.45) is 2.21. The standard InChI is InChI=1S/C4H9.3ClH.Gd.Sn/c1-3-4-2;;;;;/h1,3-4H2,2H3;3*1H;;/q;;;;;+3/p-3. The molecule has 9 heavy (non-hydrogen) atoms. The monoisotopic (exact) mass is 440 g/mol. The van der Waals surface area contributed by atoms with Gasteiger partial charge in [0.25, 0.3) is 0 Å². The third-order valence-corrected chi connectivity index (χ3v) is 7.24. The van der Waals surface area contributed by atoms with Gasteiger partial charge in [-0.1, -0.05) is 0 Å². The second-order valence-corrected chi connectivity index (χ2v) is 23.5. The van der Waals surface area contributed by atoms with E-state index in [-0.39, 0.29) is 39.9 Å². The fourth-order valence-corrected chi connectivity index (χ4v) is 5.22. The molecule has 5 heteroatoms. The van der Waals surface area contributed by atoms with Crippen LogP contribution in [0.5, 0.6) is 0 Å². The fourth-order valence-electron chi connectivity index (χ4n) is 0.377. The molecular weight excluding hydrogens is 430 g/mol. The molecule has 0 aromatic heterocycles. The average molecular weight is 439 g/mol. The Hall–Kier alpha value is 2.99. The van der Waals surface area contributed by atoms with Crippen molar-refractivity contribution in [1.29, 1.82) is 0 Å². The Morgan fingerprint density at radius 1 is 1.22 bits per heavy atom. The Morgan fingerprint density at radius 3 is 1.78 bits per heavy atom. The Kier molecular flexibility index (Phi) is 12.3. The molecule has 0 radical (unpaired) electrons. The van der Waals surface area contributed by atoms with Crippen molar-refractivity contribution in [2.75, 3.05) is 0 Å². The number of hydrogen-bond acceptors (Lipinski definition) is 0. The van der Waals surface area contributed by atoms with E-state index in [0.717, 1.165) is 17.3 Å². The van der Waals surface area contributed by atoms with Gasteiger partial charge in [0.1, 0.15) is 0 Å². The van der Waals surface area contributed by atoms with Gasteiger partial charge in [0.15, 0.2) is 0 Å². The average Bonchev–Trinajstić information content (AvgIpc) is 1.59. The Balaban J connectivity index is 0. The number of rotatable bonds is 3. The van der Waals surface area contributed by atoms with Gasteiger partial charge in [-0.05, 0) is 0 Å². The first kappa shape index (κ1) is 14.5. The largest absolute Gasteiger partial charge is 0 e. The van der Waals surface area contributed by atoms with Crippen molar-refractivity contribution in [3.63, 3.8) is 0 Å². The van der Waals surface area contributed by atoms with Gasteiger partial charge < -0.3 is 0 Å². The van der Waals surface area contributed by atoms with Crippen LogP contribution in [-0.2, 0) is 0 Å². The van der Waals surface area contributed by atoms with E-state index >= 15 is 0 Å². The van der Waals surface area contributed by atoms with Crippen LogP contribution in [0.25, 0.3) is 0 Å². The molecule has 0 bridgehead atoms. The van der Waals surface area contributed by atoms with Crippen LogP contribution < -0.4 is 0 Å². The maximum Gasteiger partial charge on any atom is 0 e. The zero-order valence-electron chi connectivity index (χ0n) is 5.11. The van der Waals surface area contributed by atoms with Gasteiger partial charge in [0.05, 0.1) is 0 Å². The molecule has 0 aliphatic heterocycles. The van der Waals surface area contributed by atoms with Gasteiger partial charge in [-0.2, -0.15) is 0 Å². The third kappa shape index (κ3) is 13.9. The summed E-state index contributed by atoms with van der Waals surface area (Å²) in [5, 5.41) is 0. The minimum Gasteiger partial charge on any atom is 0 e. The van der Waals surface area contributed by atoms with E-state index < -0.39 is 15.0 Å².